The zero-order chi connectivity index (χ0) is 33.1. The second-order valence-electron chi connectivity index (χ2n) is 11.0. The van der Waals surface area contributed by atoms with Crippen molar-refractivity contribution in [3.8, 4) is 17.2 Å². The van der Waals surface area contributed by atoms with Gasteiger partial charge in [0.05, 0.1) is 29.1 Å². The molecule has 0 aliphatic rings. The van der Waals surface area contributed by atoms with E-state index in [9.17, 15) is 0 Å². The third-order valence-corrected chi connectivity index (χ3v) is 9.80. The summed E-state index contributed by atoms with van der Waals surface area (Å²) in [6.07, 6.45) is 0. The van der Waals surface area contributed by atoms with Crippen LogP contribution in [0.15, 0.2) is 139 Å². The van der Waals surface area contributed by atoms with Crippen molar-refractivity contribution in [3.05, 3.63) is 139 Å². The maximum Gasteiger partial charge on any atom is 0.235 e. The van der Waals surface area contributed by atoms with Crippen molar-refractivity contribution < 1.29 is 6.85 Å². The normalized spacial score (nSPS) is 13.7. The lowest BCUT2D eigenvalue weighted by atomic mass is 10.0. The molecule has 0 aliphatic heterocycles. The van der Waals surface area contributed by atoms with Crippen molar-refractivity contribution in [1.82, 2.24) is 14.5 Å². The Morgan fingerprint density at radius 3 is 2.23 bits per heavy atom. The van der Waals surface area contributed by atoms with Crippen molar-refractivity contribution in [3.63, 3.8) is 0 Å². The highest BCUT2D eigenvalue weighted by molar-refractivity contribution is 7.26. The molecule has 0 saturated carbocycles. The maximum atomic E-state index is 8.88. The van der Waals surface area contributed by atoms with E-state index in [1.165, 1.54) is 25.6 Å². The number of nitrogens with zero attached hydrogens (tertiary/aromatic N) is 3. The predicted molar refractivity (Wildman–Crippen MR) is 187 cm³/mol. The Kier molecular flexibility index (Phi) is 3.99. The molecule has 0 fully saturated rings. The van der Waals surface area contributed by atoms with Crippen molar-refractivity contribution in [2.45, 2.75) is 0 Å². The molecule has 10 rings (SSSR count). The first-order valence-corrected chi connectivity index (χ1v) is 15.2. The molecular weight excluding hydrogens is 555 g/mol. The molecule has 0 radical (unpaired) electrons. The highest BCUT2D eigenvalue weighted by Gasteiger charge is 2.19. The van der Waals surface area contributed by atoms with Gasteiger partial charge in [0.15, 0.2) is 0 Å². The minimum Gasteiger partial charge on any atom is -0.278 e. The van der Waals surface area contributed by atoms with Crippen molar-refractivity contribution >= 4 is 85.8 Å². The van der Waals surface area contributed by atoms with E-state index < -0.39 is 18.1 Å². The van der Waals surface area contributed by atoms with Gasteiger partial charge >= 0.3 is 0 Å². The number of rotatable bonds is 2. The average Bonchev–Trinajstić information content (AvgIpc) is 3.68. The van der Waals surface area contributed by atoms with Gasteiger partial charge in [-0.2, -0.15) is 0 Å². The summed E-state index contributed by atoms with van der Waals surface area (Å²) in [5.74, 6) is 0.360. The van der Waals surface area contributed by atoms with Gasteiger partial charge in [0.1, 0.15) is 0 Å². The first kappa shape index (κ1) is 19.6. The molecule has 10 aromatic rings. The summed E-state index contributed by atoms with van der Waals surface area (Å²) in [5.41, 5.74) is 2.81. The van der Waals surface area contributed by atoms with Crippen LogP contribution in [0.25, 0.3) is 91.6 Å². The molecule has 3 nitrogen and oxygen atoms in total. The molecule has 0 saturated heterocycles. The quantitative estimate of drug-likeness (QED) is 0.190. The standard InChI is InChI=1S/C40H23N3S/c1-2-11-25(12-3-1)38-30-20-18-24-10-4-5-13-27(24)39(30)42-40(41-38)43-33-16-8-6-14-28(33)32-23-31-26(22-34(32)43)19-21-36-37(31)29-15-7-9-17-35(29)44-36/h1-23H/i1D,2D,3D,11D,12D. The monoisotopic (exact) mass is 582 g/mol. The second-order valence-corrected chi connectivity index (χ2v) is 12.1. The lowest BCUT2D eigenvalue weighted by Crippen LogP contribution is -2.03. The second kappa shape index (κ2) is 8.96. The molecule has 7 aromatic carbocycles. The van der Waals surface area contributed by atoms with E-state index in [2.05, 4.69) is 60.7 Å². The minimum atomic E-state index is -0.440. The Labute approximate surface area is 263 Å². The van der Waals surface area contributed by atoms with Crippen LogP contribution in [0.5, 0.6) is 0 Å². The zero-order valence-electron chi connectivity index (χ0n) is 28.1. The largest absolute Gasteiger partial charge is 0.278 e. The fourth-order valence-corrected chi connectivity index (χ4v) is 7.86. The van der Waals surface area contributed by atoms with Crippen LogP contribution in [0.4, 0.5) is 0 Å². The van der Waals surface area contributed by atoms with Crippen LogP contribution in [0.3, 0.4) is 0 Å². The van der Waals surface area contributed by atoms with Crippen LogP contribution in [-0.2, 0) is 0 Å². The lowest BCUT2D eigenvalue weighted by molar-refractivity contribution is 1.02. The van der Waals surface area contributed by atoms with E-state index in [4.69, 9.17) is 16.8 Å². The number of thiophene rings is 1. The third kappa shape index (κ3) is 3.31. The molecule has 4 heteroatoms. The van der Waals surface area contributed by atoms with Crippen molar-refractivity contribution in [2.24, 2.45) is 0 Å². The van der Waals surface area contributed by atoms with E-state index in [0.29, 0.717) is 22.5 Å². The molecule has 0 amide bonds. The van der Waals surface area contributed by atoms with Gasteiger partial charge in [0, 0.05) is 47.3 Å². The molecule has 0 atom stereocenters. The van der Waals surface area contributed by atoms with E-state index in [0.717, 1.165) is 38.0 Å². The van der Waals surface area contributed by atoms with Crippen LogP contribution in [0.2, 0.25) is 0 Å². The number of benzene rings is 7. The summed E-state index contributed by atoms with van der Waals surface area (Å²) in [6, 6.07) is 35.5. The molecule has 0 N–H and O–H groups in total. The van der Waals surface area contributed by atoms with Crippen LogP contribution in [0, 0.1) is 0 Å². The number of hydrogen-bond donors (Lipinski definition) is 0. The Balaban J connectivity index is 1.37. The molecule has 0 spiro atoms. The van der Waals surface area contributed by atoms with E-state index in [-0.39, 0.29) is 17.6 Å². The molecule has 204 valence electrons. The summed E-state index contributed by atoms with van der Waals surface area (Å²) < 4.78 is 47.4. The van der Waals surface area contributed by atoms with Crippen molar-refractivity contribution in [1.29, 1.82) is 0 Å². The summed E-state index contributed by atoms with van der Waals surface area (Å²) >= 11 is 1.80. The topological polar surface area (TPSA) is 30.7 Å². The molecule has 0 bridgehead atoms. The van der Waals surface area contributed by atoms with Gasteiger partial charge in [0.2, 0.25) is 5.95 Å². The van der Waals surface area contributed by atoms with Crippen LogP contribution >= 0.6 is 11.3 Å². The fraction of sp³-hybridized carbons (Fsp3) is 0. The van der Waals surface area contributed by atoms with E-state index in [1.807, 2.05) is 53.1 Å². The third-order valence-electron chi connectivity index (χ3n) is 8.67. The Morgan fingerprint density at radius 2 is 1.32 bits per heavy atom. The summed E-state index contributed by atoms with van der Waals surface area (Å²) in [4.78, 5) is 10.3. The van der Waals surface area contributed by atoms with E-state index >= 15 is 0 Å². The first-order chi connectivity index (χ1) is 23.9. The van der Waals surface area contributed by atoms with Gasteiger partial charge in [-0.15, -0.1) is 11.3 Å². The number of fused-ring (bicyclic) bond motifs is 11. The predicted octanol–water partition coefficient (Wildman–Crippen LogP) is 11.1. The van der Waals surface area contributed by atoms with Crippen LogP contribution in [0.1, 0.15) is 6.85 Å². The smallest absolute Gasteiger partial charge is 0.235 e. The Hall–Kier alpha value is -5.58. The average molecular weight is 583 g/mol. The highest BCUT2D eigenvalue weighted by Crippen LogP contribution is 2.42. The molecule has 0 unspecified atom stereocenters. The lowest BCUT2D eigenvalue weighted by Gasteiger charge is -2.13. The molecular formula is C40H23N3S. The molecule has 44 heavy (non-hydrogen) atoms. The number of aromatic nitrogens is 3. The molecule has 3 heterocycles. The van der Waals surface area contributed by atoms with Gasteiger partial charge in [-0.05, 0) is 52.6 Å². The summed E-state index contributed by atoms with van der Waals surface area (Å²) in [5, 5.41) is 9.32. The molecule has 3 aromatic heterocycles. The summed E-state index contributed by atoms with van der Waals surface area (Å²) in [6.45, 7) is 0. The van der Waals surface area contributed by atoms with Gasteiger partial charge in [-0.1, -0.05) is 103 Å². The van der Waals surface area contributed by atoms with Gasteiger partial charge in [0.25, 0.3) is 0 Å². The van der Waals surface area contributed by atoms with Gasteiger partial charge < -0.3 is 0 Å². The van der Waals surface area contributed by atoms with Crippen LogP contribution in [-0.4, -0.2) is 14.5 Å². The SMILES string of the molecule is [2H]c1c([2H])c([2H])c(-c2nc(-n3c4ccccc4c4cc5c(ccc6sc7ccccc7c65)cc43)nc3c2ccc2ccccc23)c([2H])c1[2H]. The number of hydrogen-bond acceptors (Lipinski definition) is 3. The fourth-order valence-electron chi connectivity index (χ4n) is 6.74. The highest BCUT2D eigenvalue weighted by atomic mass is 32.1. The van der Waals surface area contributed by atoms with Gasteiger partial charge in [-0.25, -0.2) is 9.97 Å². The Bertz CT molecular complexity index is 3040. The van der Waals surface area contributed by atoms with Gasteiger partial charge in [-0.3, -0.25) is 4.57 Å². The van der Waals surface area contributed by atoms with E-state index in [1.54, 1.807) is 11.3 Å². The zero-order valence-corrected chi connectivity index (χ0v) is 24.0. The molecule has 0 aliphatic carbocycles. The first-order valence-electron chi connectivity index (χ1n) is 16.9. The number of para-hydroxylation sites is 1. The minimum absolute atomic E-state index is 0.0490. The Morgan fingerprint density at radius 1 is 0.545 bits per heavy atom. The summed E-state index contributed by atoms with van der Waals surface area (Å²) in [7, 11) is 0. The maximum absolute atomic E-state index is 8.88. The van der Waals surface area contributed by atoms with Crippen LogP contribution < -0.4 is 0 Å². The van der Waals surface area contributed by atoms with Crippen molar-refractivity contribution in [2.75, 3.05) is 0 Å².